The first-order valence-corrected chi connectivity index (χ1v) is 10.3. The van der Waals surface area contributed by atoms with Crippen LogP contribution in [0.3, 0.4) is 0 Å². The van der Waals surface area contributed by atoms with Gasteiger partial charge < -0.3 is 9.64 Å². The number of piperazine rings is 1. The molecule has 1 amide bonds. The quantitative estimate of drug-likeness (QED) is 0.721. The Morgan fingerprint density at radius 2 is 1.76 bits per heavy atom. The maximum Gasteiger partial charge on any atom is 0.260 e. The molecule has 0 spiro atoms. The predicted molar refractivity (Wildman–Crippen MR) is 113 cm³/mol. The average molecular weight is 399 g/mol. The number of hydrogen-bond donors (Lipinski definition) is 0. The fraction of sp³-hybridized carbons (Fsp3) is 0.458. The maximum atomic E-state index is 13.1. The molecule has 0 aromatic heterocycles. The van der Waals surface area contributed by atoms with Crippen LogP contribution in [0.25, 0.3) is 0 Å². The van der Waals surface area contributed by atoms with Gasteiger partial charge in [-0.2, -0.15) is 0 Å². The van der Waals surface area contributed by atoms with Gasteiger partial charge in [0.2, 0.25) is 0 Å². The van der Waals surface area contributed by atoms with Crippen LogP contribution < -0.4 is 4.74 Å². The number of halogens is 1. The van der Waals surface area contributed by atoms with Gasteiger partial charge in [-0.15, -0.1) is 0 Å². The van der Waals surface area contributed by atoms with E-state index in [0.717, 1.165) is 30.0 Å². The monoisotopic (exact) mass is 398 g/mol. The van der Waals surface area contributed by atoms with Crippen molar-refractivity contribution in [2.24, 2.45) is 0 Å². The molecule has 4 nitrogen and oxygen atoms in total. The maximum absolute atomic E-state index is 13.1. The fourth-order valence-corrected chi connectivity index (χ4v) is 3.90. The molecule has 0 radical (unpaired) electrons. The van der Waals surface area contributed by atoms with E-state index >= 15 is 0 Å². The molecular formula is C24H31FN2O2. The van der Waals surface area contributed by atoms with Gasteiger partial charge in [-0.3, -0.25) is 9.69 Å². The number of hydrogen-bond acceptors (Lipinski definition) is 3. The highest BCUT2D eigenvalue weighted by Gasteiger charge is 2.32. The second kappa shape index (κ2) is 9.40. The van der Waals surface area contributed by atoms with Crippen LogP contribution in [0.2, 0.25) is 0 Å². The van der Waals surface area contributed by atoms with Gasteiger partial charge in [-0.1, -0.05) is 44.2 Å². The molecule has 0 N–H and O–H groups in total. The van der Waals surface area contributed by atoms with Crippen molar-refractivity contribution in [1.82, 2.24) is 9.80 Å². The van der Waals surface area contributed by atoms with E-state index in [1.54, 1.807) is 0 Å². The Bertz CT molecular complexity index is 822. The molecule has 1 aliphatic rings. The van der Waals surface area contributed by atoms with E-state index < -0.39 is 0 Å². The SMILES string of the molecule is CC(C)c1ccccc1OCC(=O)N1C[C@H](C)N(Cc2ccc(F)cc2)C[C@H]1C. The van der Waals surface area contributed by atoms with Gasteiger partial charge in [0.1, 0.15) is 11.6 Å². The average Bonchev–Trinajstić information content (AvgIpc) is 2.70. The van der Waals surface area contributed by atoms with Crippen LogP contribution in [0, 0.1) is 5.82 Å². The summed E-state index contributed by atoms with van der Waals surface area (Å²) < 4.78 is 19.0. The highest BCUT2D eigenvalue weighted by Crippen LogP contribution is 2.26. The lowest BCUT2D eigenvalue weighted by molar-refractivity contribution is -0.139. The van der Waals surface area contributed by atoms with E-state index in [4.69, 9.17) is 4.74 Å². The van der Waals surface area contributed by atoms with Crippen LogP contribution in [0.5, 0.6) is 5.75 Å². The lowest BCUT2D eigenvalue weighted by atomic mass is 10.0. The minimum absolute atomic E-state index is 0.0179. The summed E-state index contributed by atoms with van der Waals surface area (Å²) in [5, 5.41) is 0. The number of para-hydroxylation sites is 1. The minimum Gasteiger partial charge on any atom is -0.483 e. The van der Waals surface area contributed by atoms with Crippen molar-refractivity contribution in [1.29, 1.82) is 0 Å². The van der Waals surface area contributed by atoms with Gasteiger partial charge in [0.25, 0.3) is 5.91 Å². The normalized spacial score (nSPS) is 20.1. The second-order valence-electron chi connectivity index (χ2n) is 8.28. The van der Waals surface area contributed by atoms with Gasteiger partial charge in [0.05, 0.1) is 0 Å². The Morgan fingerprint density at radius 3 is 2.45 bits per heavy atom. The first-order valence-electron chi connectivity index (χ1n) is 10.3. The number of nitrogens with zero attached hydrogens (tertiary/aromatic N) is 2. The molecule has 156 valence electrons. The smallest absolute Gasteiger partial charge is 0.260 e. The number of benzene rings is 2. The van der Waals surface area contributed by atoms with Gasteiger partial charge in [0.15, 0.2) is 6.61 Å². The molecule has 2 aromatic carbocycles. The van der Waals surface area contributed by atoms with Crippen molar-refractivity contribution in [2.75, 3.05) is 19.7 Å². The number of carbonyl (C=O) groups is 1. The Kier molecular flexibility index (Phi) is 6.91. The zero-order chi connectivity index (χ0) is 21.0. The first-order chi connectivity index (χ1) is 13.8. The Labute approximate surface area is 173 Å². The van der Waals surface area contributed by atoms with Crippen molar-refractivity contribution >= 4 is 5.91 Å². The van der Waals surface area contributed by atoms with Crippen LogP contribution in [-0.4, -0.2) is 47.5 Å². The van der Waals surface area contributed by atoms with Crippen molar-refractivity contribution in [3.8, 4) is 5.75 Å². The minimum atomic E-state index is -0.218. The van der Waals surface area contributed by atoms with Crippen LogP contribution >= 0.6 is 0 Å². The molecule has 2 atom stereocenters. The van der Waals surface area contributed by atoms with E-state index in [1.807, 2.05) is 41.3 Å². The standard InChI is InChI=1S/C24H31FN2O2/c1-17(2)22-7-5-6-8-23(22)29-16-24(28)27-14-18(3)26(13-19(27)4)15-20-9-11-21(25)12-10-20/h5-12,17-19H,13-16H2,1-4H3/t18-,19+/m0/s1. The second-order valence-corrected chi connectivity index (χ2v) is 8.28. The van der Waals surface area contributed by atoms with Gasteiger partial charge >= 0.3 is 0 Å². The third kappa shape index (κ3) is 5.36. The van der Waals surface area contributed by atoms with E-state index in [9.17, 15) is 9.18 Å². The molecule has 5 heteroatoms. The Morgan fingerprint density at radius 1 is 1.07 bits per heavy atom. The summed E-state index contributed by atoms with van der Waals surface area (Å²) in [5.74, 6) is 0.927. The van der Waals surface area contributed by atoms with Gasteiger partial charge in [-0.25, -0.2) is 4.39 Å². The predicted octanol–water partition coefficient (Wildman–Crippen LogP) is 4.45. The van der Waals surface area contributed by atoms with Crippen LogP contribution in [0.1, 0.15) is 44.7 Å². The summed E-state index contributed by atoms with van der Waals surface area (Å²) in [5.41, 5.74) is 2.20. The number of amides is 1. The Hall–Kier alpha value is -2.40. The first kappa shape index (κ1) is 21.3. The van der Waals surface area contributed by atoms with Gasteiger partial charge in [0, 0.05) is 31.7 Å². The Balaban J connectivity index is 1.58. The molecule has 0 aliphatic carbocycles. The molecule has 0 bridgehead atoms. The van der Waals surface area contributed by atoms with E-state index in [1.165, 1.54) is 12.1 Å². The van der Waals surface area contributed by atoms with Crippen molar-refractivity contribution < 1.29 is 13.9 Å². The lowest BCUT2D eigenvalue weighted by Gasteiger charge is -2.44. The number of rotatable bonds is 6. The van der Waals surface area contributed by atoms with Crippen molar-refractivity contribution in [2.45, 2.75) is 52.2 Å². The topological polar surface area (TPSA) is 32.8 Å². The molecule has 0 saturated carbocycles. The summed E-state index contributed by atoms with van der Waals surface area (Å²) in [6.07, 6.45) is 0. The molecule has 0 unspecified atom stereocenters. The van der Waals surface area contributed by atoms with Crippen molar-refractivity contribution in [3.63, 3.8) is 0 Å². The van der Waals surface area contributed by atoms with E-state index in [2.05, 4.69) is 32.6 Å². The van der Waals surface area contributed by atoms with Crippen LogP contribution in [0.4, 0.5) is 4.39 Å². The van der Waals surface area contributed by atoms with Crippen LogP contribution in [-0.2, 0) is 11.3 Å². The third-order valence-corrected chi connectivity index (χ3v) is 5.63. The summed E-state index contributed by atoms with van der Waals surface area (Å²) in [4.78, 5) is 17.1. The lowest BCUT2D eigenvalue weighted by Crippen LogP contribution is -2.58. The highest BCUT2D eigenvalue weighted by atomic mass is 19.1. The molecule has 1 fully saturated rings. The number of ether oxygens (including phenoxy) is 1. The molecule has 2 aromatic rings. The summed E-state index contributed by atoms with van der Waals surface area (Å²) in [7, 11) is 0. The highest BCUT2D eigenvalue weighted by molar-refractivity contribution is 5.78. The van der Waals surface area contributed by atoms with Crippen molar-refractivity contribution in [3.05, 3.63) is 65.5 Å². The fourth-order valence-electron chi connectivity index (χ4n) is 3.90. The zero-order valence-corrected chi connectivity index (χ0v) is 17.8. The summed E-state index contributed by atoms with van der Waals surface area (Å²) >= 11 is 0. The van der Waals surface area contributed by atoms with E-state index in [0.29, 0.717) is 12.5 Å². The van der Waals surface area contributed by atoms with Gasteiger partial charge in [-0.05, 0) is 49.1 Å². The molecule has 29 heavy (non-hydrogen) atoms. The molecule has 1 aliphatic heterocycles. The molecule has 3 rings (SSSR count). The molecular weight excluding hydrogens is 367 g/mol. The largest absolute Gasteiger partial charge is 0.483 e. The number of carbonyl (C=O) groups excluding carboxylic acids is 1. The van der Waals surface area contributed by atoms with E-state index in [-0.39, 0.29) is 30.4 Å². The molecule has 1 saturated heterocycles. The zero-order valence-electron chi connectivity index (χ0n) is 17.8. The molecule has 1 heterocycles. The van der Waals surface area contributed by atoms with Crippen LogP contribution in [0.15, 0.2) is 48.5 Å². The summed E-state index contributed by atoms with van der Waals surface area (Å²) in [6, 6.07) is 14.9. The third-order valence-electron chi connectivity index (χ3n) is 5.63. The summed E-state index contributed by atoms with van der Waals surface area (Å²) in [6.45, 7) is 10.7.